The van der Waals surface area contributed by atoms with E-state index in [0.29, 0.717) is 0 Å². The van der Waals surface area contributed by atoms with Gasteiger partial charge in [-0.2, -0.15) is 0 Å². The Bertz CT molecular complexity index is 574. The van der Waals surface area contributed by atoms with Crippen molar-refractivity contribution in [2.24, 2.45) is 0 Å². The van der Waals surface area contributed by atoms with E-state index in [1.165, 1.54) is 22.3 Å². The summed E-state index contributed by atoms with van der Waals surface area (Å²) in [7, 11) is 0. The van der Waals surface area contributed by atoms with Crippen molar-refractivity contribution in [3.05, 3.63) is 83.4 Å². The van der Waals surface area contributed by atoms with Gasteiger partial charge < -0.3 is 0 Å². The minimum atomic E-state index is 1.16. The van der Waals surface area contributed by atoms with Crippen molar-refractivity contribution in [3.8, 4) is 0 Å². The quantitative estimate of drug-likeness (QED) is 0.516. The minimum Gasteiger partial charge on any atom is -0.0984 e. The van der Waals surface area contributed by atoms with E-state index in [1.807, 2.05) is 12.1 Å². The lowest BCUT2D eigenvalue weighted by molar-refractivity contribution is 1.37. The molecule has 90 valence electrons. The molecule has 0 bridgehead atoms. The molecule has 2 rings (SSSR count). The van der Waals surface area contributed by atoms with E-state index in [-0.39, 0.29) is 0 Å². The molecule has 0 saturated heterocycles. The molecule has 0 saturated carbocycles. The van der Waals surface area contributed by atoms with Gasteiger partial charge in [0.05, 0.1) is 0 Å². The summed E-state index contributed by atoms with van der Waals surface area (Å²) in [6.07, 6.45) is 4.10. The number of hydrogen-bond donors (Lipinski definition) is 0. The summed E-state index contributed by atoms with van der Waals surface area (Å²) in [5, 5.41) is 0. The monoisotopic (exact) mass is 234 g/mol. The van der Waals surface area contributed by atoms with Crippen LogP contribution in [0.5, 0.6) is 0 Å². The molecule has 18 heavy (non-hydrogen) atoms. The van der Waals surface area contributed by atoms with Gasteiger partial charge in [0.1, 0.15) is 0 Å². The van der Waals surface area contributed by atoms with Crippen LogP contribution in [0, 0.1) is 13.8 Å². The van der Waals surface area contributed by atoms with Crippen LogP contribution < -0.4 is 0 Å². The van der Waals surface area contributed by atoms with Gasteiger partial charge >= 0.3 is 0 Å². The Balaban J connectivity index is 2.44. The maximum Gasteiger partial charge on any atom is -0.0184 e. The maximum absolute atomic E-state index is 3.91. The lowest BCUT2D eigenvalue weighted by atomic mass is 9.99. The highest BCUT2D eigenvalue weighted by Gasteiger charge is 1.99. The predicted molar refractivity (Wildman–Crippen MR) is 80.4 cm³/mol. The lowest BCUT2D eigenvalue weighted by Crippen LogP contribution is -1.85. The van der Waals surface area contributed by atoms with Crippen molar-refractivity contribution in [3.63, 3.8) is 0 Å². The van der Waals surface area contributed by atoms with Crippen LogP contribution in [0.25, 0.3) is 11.6 Å². The molecule has 0 nitrogen and oxygen atoms in total. The van der Waals surface area contributed by atoms with Gasteiger partial charge in [0, 0.05) is 0 Å². The third-order valence-corrected chi connectivity index (χ3v) is 3.06. The molecular weight excluding hydrogens is 216 g/mol. The number of rotatable bonds is 3. The Labute approximate surface area is 109 Å². The first-order valence-corrected chi connectivity index (χ1v) is 6.17. The van der Waals surface area contributed by atoms with E-state index in [9.17, 15) is 0 Å². The molecule has 0 radical (unpaired) electrons. The van der Waals surface area contributed by atoms with E-state index >= 15 is 0 Å². The molecule has 2 aromatic carbocycles. The second-order valence-corrected chi connectivity index (χ2v) is 4.53. The Hall–Kier alpha value is -2.08. The van der Waals surface area contributed by atoms with Gasteiger partial charge in [0.2, 0.25) is 0 Å². The first kappa shape index (κ1) is 12.4. The van der Waals surface area contributed by atoms with E-state index in [4.69, 9.17) is 0 Å². The minimum absolute atomic E-state index is 1.16. The van der Waals surface area contributed by atoms with Crippen molar-refractivity contribution in [2.75, 3.05) is 0 Å². The summed E-state index contributed by atoms with van der Waals surface area (Å²) in [6, 6.07) is 16.9. The highest BCUT2D eigenvalue weighted by molar-refractivity contribution is 5.87. The average molecular weight is 234 g/mol. The van der Waals surface area contributed by atoms with Gasteiger partial charge in [-0.05, 0) is 42.2 Å². The van der Waals surface area contributed by atoms with Crippen LogP contribution in [-0.2, 0) is 0 Å². The molecule has 0 fully saturated rings. The number of aryl methyl sites for hydroxylation is 2. The molecule has 0 heterocycles. The van der Waals surface area contributed by atoms with E-state index in [1.54, 1.807) is 0 Å². The number of hydrogen-bond acceptors (Lipinski definition) is 0. The third-order valence-electron chi connectivity index (χ3n) is 3.06. The topological polar surface area (TPSA) is 0 Å². The fraction of sp³-hybridized carbons (Fsp3) is 0.111. The molecule has 0 amide bonds. The molecule has 0 N–H and O–H groups in total. The molecule has 0 aliphatic carbocycles. The van der Waals surface area contributed by atoms with Crippen LogP contribution >= 0.6 is 0 Å². The van der Waals surface area contributed by atoms with Crippen LogP contribution in [-0.4, -0.2) is 0 Å². The highest BCUT2D eigenvalue weighted by atomic mass is 14.0. The molecule has 0 aromatic heterocycles. The van der Waals surface area contributed by atoms with Crippen molar-refractivity contribution in [2.45, 2.75) is 13.8 Å². The normalized spacial score (nSPS) is 11.3. The van der Waals surface area contributed by atoms with Gasteiger partial charge in [0.25, 0.3) is 0 Å². The van der Waals surface area contributed by atoms with E-state index < -0.39 is 0 Å². The van der Waals surface area contributed by atoms with Crippen molar-refractivity contribution >= 4 is 11.6 Å². The molecule has 2 aromatic rings. The van der Waals surface area contributed by atoms with E-state index in [0.717, 1.165) is 5.57 Å². The zero-order valence-corrected chi connectivity index (χ0v) is 11.0. The number of allylic oxidation sites excluding steroid dienone is 2. The molecule has 0 atom stereocenters. The number of benzene rings is 2. The SMILES string of the molecule is C=C/C(=C\c1ccc(C)cc1C)c1ccccc1. The molecule has 0 heteroatoms. The summed E-state index contributed by atoms with van der Waals surface area (Å²) in [5.41, 5.74) is 6.20. The standard InChI is InChI=1S/C18H18/c1-4-16(17-8-6-5-7-9-17)13-18-11-10-14(2)12-15(18)3/h4-13H,1H2,2-3H3/b16-13+. The lowest BCUT2D eigenvalue weighted by Gasteiger charge is -2.06. The molecule has 0 aliphatic heterocycles. The zero-order valence-electron chi connectivity index (χ0n) is 11.0. The van der Waals surface area contributed by atoms with Crippen LogP contribution in [0.3, 0.4) is 0 Å². The van der Waals surface area contributed by atoms with Gasteiger partial charge in [-0.15, -0.1) is 0 Å². The highest BCUT2D eigenvalue weighted by Crippen LogP contribution is 2.21. The fourth-order valence-corrected chi connectivity index (χ4v) is 2.05. The van der Waals surface area contributed by atoms with Crippen LogP contribution in [0.4, 0.5) is 0 Å². The average Bonchev–Trinajstić information content (AvgIpc) is 2.39. The Morgan fingerprint density at radius 3 is 2.33 bits per heavy atom. The summed E-state index contributed by atoms with van der Waals surface area (Å²) >= 11 is 0. The van der Waals surface area contributed by atoms with Gasteiger partial charge in [-0.1, -0.05) is 66.7 Å². The summed E-state index contributed by atoms with van der Waals surface area (Å²) in [4.78, 5) is 0. The third kappa shape index (κ3) is 2.78. The molecular formula is C18H18. The van der Waals surface area contributed by atoms with Gasteiger partial charge in [-0.25, -0.2) is 0 Å². The maximum atomic E-state index is 3.91. The zero-order chi connectivity index (χ0) is 13.0. The summed E-state index contributed by atoms with van der Waals surface area (Å²) < 4.78 is 0. The second kappa shape index (κ2) is 5.50. The second-order valence-electron chi connectivity index (χ2n) is 4.53. The molecule has 0 unspecified atom stereocenters. The van der Waals surface area contributed by atoms with Crippen molar-refractivity contribution in [1.29, 1.82) is 0 Å². The largest absolute Gasteiger partial charge is 0.0984 e. The fourth-order valence-electron chi connectivity index (χ4n) is 2.05. The Morgan fingerprint density at radius 2 is 1.72 bits per heavy atom. The van der Waals surface area contributed by atoms with Crippen molar-refractivity contribution in [1.82, 2.24) is 0 Å². The van der Waals surface area contributed by atoms with Crippen LogP contribution in [0.1, 0.15) is 22.3 Å². The van der Waals surface area contributed by atoms with Gasteiger partial charge in [0.15, 0.2) is 0 Å². The summed E-state index contributed by atoms with van der Waals surface area (Å²) in [5.74, 6) is 0. The Kier molecular flexibility index (Phi) is 3.78. The van der Waals surface area contributed by atoms with Crippen LogP contribution in [0.2, 0.25) is 0 Å². The van der Waals surface area contributed by atoms with Crippen molar-refractivity contribution < 1.29 is 0 Å². The Morgan fingerprint density at radius 1 is 1.00 bits per heavy atom. The molecule has 0 spiro atoms. The summed E-state index contributed by atoms with van der Waals surface area (Å²) in [6.45, 7) is 8.17. The van der Waals surface area contributed by atoms with Crippen LogP contribution in [0.15, 0.2) is 61.2 Å². The predicted octanol–water partition coefficient (Wildman–Crippen LogP) is 5.03. The van der Waals surface area contributed by atoms with Gasteiger partial charge in [-0.3, -0.25) is 0 Å². The van der Waals surface area contributed by atoms with E-state index in [2.05, 4.69) is 69.0 Å². The smallest absolute Gasteiger partial charge is 0.0184 e. The molecule has 0 aliphatic rings. The first-order chi connectivity index (χ1) is 8.70. The first-order valence-electron chi connectivity index (χ1n) is 6.17.